The van der Waals surface area contributed by atoms with E-state index in [0.29, 0.717) is 13.0 Å². The molecular formula is C24H32N2O3. The standard InChI is InChI=1S/C24H32N2O3/c1-24(2,3)29-23(28)26-21(15-17-9-5-4-6-10-17)22(27)16-25-20-14-13-18-11-7-8-12-19(18)20/h4-12,20-22,25,27H,13-16H2,1-3H3,(H,26,28)/t20?,21-,22+/m0/s1. The van der Waals surface area contributed by atoms with Crippen LogP contribution in [0.2, 0.25) is 0 Å². The van der Waals surface area contributed by atoms with Crippen LogP contribution >= 0.6 is 0 Å². The Bertz CT molecular complexity index is 801. The number of fused-ring (bicyclic) bond motifs is 1. The van der Waals surface area contributed by atoms with Crippen molar-refractivity contribution in [2.75, 3.05) is 6.54 Å². The highest BCUT2D eigenvalue weighted by molar-refractivity contribution is 5.68. The summed E-state index contributed by atoms with van der Waals surface area (Å²) in [5, 5.41) is 17.2. The SMILES string of the molecule is CC(C)(C)OC(=O)N[C@@H](Cc1ccccc1)[C@H](O)CNC1CCc2ccccc21. The molecule has 156 valence electrons. The number of hydrogen-bond acceptors (Lipinski definition) is 4. The fourth-order valence-electron chi connectivity index (χ4n) is 3.78. The molecule has 1 aliphatic carbocycles. The van der Waals surface area contributed by atoms with Gasteiger partial charge in [-0.2, -0.15) is 0 Å². The molecule has 0 saturated heterocycles. The zero-order valence-corrected chi connectivity index (χ0v) is 17.5. The summed E-state index contributed by atoms with van der Waals surface area (Å²) in [4.78, 5) is 12.3. The first kappa shape index (κ1) is 21.3. The van der Waals surface area contributed by atoms with Gasteiger partial charge < -0.3 is 20.5 Å². The van der Waals surface area contributed by atoms with Crippen molar-refractivity contribution in [2.24, 2.45) is 0 Å². The topological polar surface area (TPSA) is 70.6 Å². The molecule has 1 amide bonds. The molecule has 0 saturated carbocycles. The minimum atomic E-state index is -0.740. The number of alkyl carbamates (subject to hydrolysis) is 1. The molecule has 1 aliphatic rings. The Balaban J connectivity index is 1.63. The van der Waals surface area contributed by atoms with Gasteiger partial charge in [-0.25, -0.2) is 4.79 Å². The lowest BCUT2D eigenvalue weighted by Gasteiger charge is -2.28. The fraction of sp³-hybridized carbons (Fsp3) is 0.458. The van der Waals surface area contributed by atoms with Crippen molar-refractivity contribution in [3.63, 3.8) is 0 Å². The third-order valence-electron chi connectivity index (χ3n) is 5.17. The second kappa shape index (κ2) is 9.42. The third-order valence-corrected chi connectivity index (χ3v) is 5.17. The predicted octanol–water partition coefficient (Wildman–Crippen LogP) is 3.76. The summed E-state index contributed by atoms with van der Waals surface area (Å²) in [5.41, 5.74) is 3.14. The van der Waals surface area contributed by atoms with Crippen molar-refractivity contribution in [1.29, 1.82) is 0 Å². The van der Waals surface area contributed by atoms with Crippen molar-refractivity contribution in [3.8, 4) is 0 Å². The number of amides is 1. The lowest BCUT2D eigenvalue weighted by atomic mass is 10.0. The summed E-state index contributed by atoms with van der Waals surface area (Å²) < 4.78 is 5.40. The van der Waals surface area contributed by atoms with Crippen LogP contribution in [0.4, 0.5) is 4.79 Å². The quantitative estimate of drug-likeness (QED) is 0.666. The number of aryl methyl sites for hydroxylation is 1. The fourth-order valence-corrected chi connectivity index (χ4v) is 3.78. The molecule has 0 fully saturated rings. The van der Waals surface area contributed by atoms with Crippen LogP contribution in [0.15, 0.2) is 54.6 Å². The number of benzene rings is 2. The van der Waals surface area contributed by atoms with E-state index in [0.717, 1.165) is 18.4 Å². The van der Waals surface area contributed by atoms with E-state index >= 15 is 0 Å². The van der Waals surface area contributed by atoms with E-state index in [-0.39, 0.29) is 6.04 Å². The van der Waals surface area contributed by atoms with Gasteiger partial charge in [0.2, 0.25) is 0 Å². The number of carbonyl (C=O) groups excluding carboxylic acids is 1. The first-order valence-electron chi connectivity index (χ1n) is 10.3. The van der Waals surface area contributed by atoms with E-state index in [9.17, 15) is 9.90 Å². The van der Waals surface area contributed by atoms with E-state index in [2.05, 4.69) is 34.9 Å². The van der Waals surface area contributed by atoms with Gasteiger partial charge in [0.05, 0.1) is 12.1 Å². The van der Waals surface area contributed by atoms with E-state index in [1.54, 1.807) is 0 Å². The molecule has 5 nitrogen and oxygen atoms in total. The van der Waals surface area contributed by atoms with Gasteiger partial charge in [0.25, 0.3) is 0 Å². The second-order valence-electron chi connectivity index (χ2n) is 8.71. The van der Waals surface area contributed by atoms with Crippen LogP contribution in [0.25, 0.3) is 0 Å². The van der Waals surface area contributed by atoms with Gasteiger partial charge >= 0.3 is 6.09 Å². The summed E-state index contributed by atoms with van der Waals surface area (Å²) in [6.07, 6.45) is 1.35. The number of nitrogens with one attached hydrogen (secondary N) is 2. The van der Waals surface area contributed by atoms with Crippen molar-refractivity contribution in [3.05, 3.63) is 71.3 Å². The molecule has 3 rings (SSSR count). The molecular weight excluding hydrogens is 364 g/mol. The van der Waals surface area contributed by atoms with Crippen LogP contribution in [0, 0.1) is 0 Å². The van der Waals surface area contributed by atoms with E-state index in [1.165, 1.54) is 11.1 Å². The van der Waals surface area contributed by atoms with Gasteiger partial charge in [-0.05, 0) is 56.7 Å². The van der Waals surface area contributed by atoms with Crippen molar-refractivity contribution in [1.82, 2.24) is 10.6 Å². The summed E-state index contributed by atoms with van der Waals surface area (Å²) in [7, 11) is 0. The van der Waals surface area contributed by atoms with Gasteiger partial charge in [-0.3, -0.25) is 0 Å². The Kier molecular flexibility index (Phi) is 6.93. The molecule has 0 aliphatic heterocycles. The average molecular weight is 397 g/mol. The molecule has 0 bridgehead atoms. The smallest absolute Gasteiger partial charge is 0.407 e. The van der Waals surface area contributed by atoms with Gasteiger partial charge in [-0.1, -0.05) is 54.6 Å². The predicted molar refractivity (Wildman–Crippen MR) is 115 cm³/mol. The Morgan fingerprint density at radius 2 is 1.83 bits per heavy atom. The highest BCUT2D eigenvalue weighted by atomic mass is 16.6. The maximum atomic E-state index is 12.3. The maximum Gasteiger partial charge on any atom is 0.407 e. The first-order valence-corrected chi connectivity index (χ1v) is 10.3. The molecule has 5 heteroatoms. The largest absolute Gasteiger partial charge is 0.444 e. The maximum absolute atomic E-state index is 12.3. The van der Waals surface area contributed by atoms with Gasteiger partial charge in [0.15, 0.2) is 0 Å². The Morgan fingerprint density at radius 1 is 1.14 bits per heavy atom. The van der Waals surface area contributed by atoms with Crippen LogP contribution in [-0.2, 0) is 17.6 Å². The lowest BCUT2D eigenvalue weighted by molar-refractivity contribution is 0.0420. The number of rotatable bonds is 7. The van der Waals surface area contributed by atoms with Crippen LogP contribution in [0.3, 0.4) is 0 Å². The van der Waals surface area contributed by atoms with Gasteiger partial charge in [-0.15, -0.1) is 0 Å². The number of carbonyl (C=O) groups is 1. The molecule has 0 aromatic heterocycles. The molecule has 2 aromatic rings. The summed E-state index contributed by atoms with van der Waals surface area (Å²) in [6.45, 7) is 5.88. The van der Waals surface area contributed by atoms with Crippen molar-refractivity contribution < 1.29 is 14.6 Å². The highest BCUT2D eigenvalue weighted by Gasteiger charge is 2.27. The van der Waals surface area contributed by atoms with E-state index in [4.69, 9.17) is 4.74 Å². The first-order chi connectivity index (χ1) is 13.8. The minimum absolute atomic E-state index is 0.236. The third kappa shape index (κ3) is 6.31. The number of hydrogen-bond donors (Lipinski definition) is 3. The van der Waals surface area contributed by atoms with Gasteiger partial charge in [0, 0.05) is 12.6 Å². The Labute approximate surface area is 173 Å². The number of aliphatic hydroxyl groups excluding tert-OH is 1. The molecule has 3 atom stereocenters. The normalized spacial score (nSPS) is 18.0. The van der Waals surface area contributed by atoms with Gasteiger partial charge in [0.1, 0.15) is 5.60 Å². The second-order valence-corrected chi connectivity index (χ2v) is 8.71. The molecule has 2 aromatic carbocycles. The Hall–Kier alpha value is -2.37. The van der Waals surface area contributed by atoms with Crippen LogP contribution in [-0.4, -0.2) is 35.5 Å². The lowest BCUT2D eigenvalue weighted by Crippen LogP contribution is -2.50. The summed E-state index contributed by atoms with van der Waals surface area (Å²) >= 11 is 0. The monoisotopic (exact) mass is 396 g/mol. The highest BCUT2D eigenvalue weighted by Crippen LogP contribution is 2.30. The average Bonchev–Trinajstić information content (AvgIpc) is 3.08. The van der Waals surface area contributed by atoms with Crippen molar-refractivity contribution in [2.45, 2.75) is 63.8 Å². The molecule has 0 radical (unpaired) electrons. The zero-order chi connectivity index (χ0) is 20.9. The molecule has 1 unspecified atom stereocenters. The summed E-state index contributed by atoms with van der Waals surface area (Å²) in [5.74, 6) is 0. The van der Waals surface area contributed by atoms with Crippen LogP contribution < -0.4 is 10.6 Å². The van der Waals surface area contributed by atoms with E-state index in [1.807, 2.05) is 51.1 Å². The molecule has 29 heavy (non-hydrogen) atoms. The van der Waals surface area contributed by atoms with Crippen LogP contribution in [0.5, 0.6) is 0 Å². The molecule has 3 N–H and O–H groups in total. The van der Waals surface area contributed by atoms with Crippen LogP contribution in [0.1, 0.15) is 49.9 Å². The minimum Gasteiger partial charge on any atom is -0.444 e. The zero-order valence-electron chi connectivity index (χ0n) is 17.5. The number of ether oxygens (including phenoxy) is 1. The Morgan fingerprint density at radius 3 is 2.55 bits per heavy atom. The van der Waals surface area contributed by atoms with Crippen molar-refractivity contribution >= 4 is 6.09 Å². The van der Waals surface area contributed by atoms with E-state index < -0.39 is 23.8 Å². The number of aliphatic hydroxyl groups is 1. The molecule has 0 spiro atoms. The molecule has 0 heterocycles. The summed E-state index contributed by atoms with van der Waals surface area (Å²) in [6, 6.07) is 18.1.